The maximum Gasteiger partial charge on any atom is 0.274 e. The molecule has 0 aliphatic carbocycles. The molecule has 2 heterocycles. The molecular weight excluding hydrogens is 268 g/mol. The third kappa shape index (κ3) is 3.81. The van der Waals surface area contributed by atoms with Crippen molar-refractivity contribution in [2.75, 3.05) is 19.8 Å². The highest BCUT2D eigenvalue weighted by molar-refractivity contribution is 5.95. The fourth-order valence-electron chi connectivity index (χ4n) is 2.58. The summed E-state index contributed by atoms with van der Waals surface area (Å²) in [5.74, 6) is 5.11. The van der Waals surface area contributed by atoms with E-state index in [-0.39, 0.29) is 25.2 Å². The molecule has 21 heavy (non-hydrogen) atoms. The van der Waals surface area contributed by atoms with E-state index in [4.69, 9.17) is 5.11 Å². The third-order valence-electron chi connectivity index (χ3n) is 3.66. The molecule has 0 aromatic carbocycles. The first-order valence-electron chi connectivity index (χ1n) is 7.24. The first-order valence-corrected chi connectivity index (χ1v) is 7.24. The molecule has 5 nitrogen and oxygen atoms in total. The molecule has 1 saturated heterocycles. The fourth-order valence-corrected chi connectivity index (χ4v) is 2.58. The Kier molecular flexibility index (Phi) is 5.73. The van der Waals surface area contributed by atoms with Gasteiger partial charge in [-0.05, 0) is 25.0 Å². The summed E-state index contributed by atoms with van der Waals surface area (Å²) in [7, 11) is 0. The lowest BCUT2D eigenvalue weighted by atomic mass is 10.1. The predicted octanol–water partition coefficient (Wildman–Crippen LogP) is 0.802. The van der Waals surface area contributed by atoms with Crippen molar-refractivity contribution in [1.29, 1.82) is 0 Å². The minimum atomic E-state index is -0.258. The van der Waals surface area contributed by atoms with Crippen molar-refractivity contribution in [3.8, 4) is 11.8 Å². The molecule has 1 unspecified atom stereocenters. The molecule has 1 fully saturated rings. The Hall–Kier alpha value is -1.90. The van der Waals surface area contributed by atoms with Gasteiger partial charge in [0, 0.05) is 12.7 Å². The Balaban J connectivity index is 2.29. The van der Waals surface area contributed by atoms with Gasteiger partial charge in [-0.1, -0.05) is 24.7 Å². The molecule has 1 amide bonds. The number of nitrogens with zero attached hydrogens (tertiary/aromatic N) is 2. The summed E-state index contributed by atoms with van der Waals surface area (Å²) >= 11 is 0. The Labute approximate surface area is 124 Å². The van der Waals surface area contributed by atoms with Crippen molar-refractivity contribution in [1.82, 2.24) is 9.88 Å². The number of rotatable bonds is 2. The minimum absolute atomic E-state index is 0.0315. The highest BCUT2D eigenvalue weighted by Gasteiger charge is 2.27. The van der Waals surface area contributed by atoms with E-state index in [1.807, 2.05) is 0 Å². The van der Waals surface area contributed by atoms with Gasteiger partial charge >= 0.3 is 0 Å². The number of aromatic nitrogens is 1. The zero-order valence-corrected chi connectivity index (χ0v) is 12.0. The van der Waals surface area contributed by atoms with Gasteiger partial charge in [-0.25, -0.2) is 4.98 Å². The number of aliphatic hydroxyl groups is 2. The SMILES string of the molecule is O=C(c1ncccc1C#CCO)N1CCCCCC1CO. The Morgan fingerprint density at radius 2 is 2.24 bits per heavy atom. The highest BCUT2D eigenvalue weighted by atomic mass is 16.3. The summed E-state index contributed by atoms with van der Waals surface area (Å²) < 4.78 is 0. The number of pyridine rings is 1. The lowest BCUT2D eigenvalue weighted by Crippen LogP contribution is -2.42. The lowest BCUT2D eigenvalue weighted by Gasteiger charge is -2.28. The molecular formula is C16H20N2O3. The van der Waals surface area contributed by atoms with Gasteiger partial charge in [0.25, 0.3) is 5.91 Å². The van der Waals surface area contributed by atoms with Crippen LogP contribution in [0.1, 0.15) is 41.7 Å². The maximum atomic E-state index is 12.7. The molecule has 5 heteroatoms. The topological polar surface area (TPSA) is 73.7 Å². The quantitative estimate of drug-likeness (QED) is 0.790. The van der Waals surface area contributed by atoms with Crippen LogP contribution in [-0.4, -0.2) is 51.8 Å². The summed E-state index contributed by atoms with van der Waals surface area (Å²) in [6.45, 7) is 0.342. The van der Waals surface area contributed by atoms with Crippen LogP contribution in [0, 0.1) is 11.8 Å². The standard InChI is InChI=1S/C16H20N2O3/c19-11-5-7-13-6-4-9-17-15(13)16(21)18-10-3-1-2-8-14(18)12-20/h4,6,9,14,19-20H,1-3,8,10-12H2. The summed E-state index contributed by atoms with van der Waals surface area (Å²) in [4.78, 5) is 18.6. The van der Waals surface area contributed by atoms with Crippen molar-refractivity contribution in [2.45, 2.75) is 31.7 Å². The fraction of sp³-hybridized carbons (Fsp3) is 0.500. The van der Waals surface area contributed by atoms with Crippen LogP contribution in [0.2, 0.25) is 0 Å². The first kappa shape index (κ1) is 15.5. The number of carbonyl (C=O) groups excluding carboxylic acids is 1. The van der Waals surface area contributed by atoms with Crippen LogP contribution in [0.25, 0.3) is 0 Å². The second-order valence-corrected chi connectivity index (χ2v) is 5.04. The van der Waals surface area contributed by atoms with Gasteiger partial charge in [-0.2, -0.15) is 0 Å². The summed E-state index contributed by atoms with van der Waals surface area (Å²) in [5.41, 5.74) is 0.802. The van der Waals surface area contributed by atoms with Gasteiger partial charge in [-0.3, -0.25) is 4.79 Å². The molecule has 0 bridgehead atoms. The van der Waals surface area contributed by atoms with E-state index in [9.17, 15) is 9.90 Å². The Morgan fingerprint density at radius 1 is 1.38 bits per heavy atom. The number of hydrogen-bond acceptors (Lipinski definition) is 4. The second kappa shape index (κ2) is 7.77. The number of amides is 1. The van der Waals surface area contributed by atoms with Gasteiger partial charge in [0.2, 0.25) is 0 Å². The van der Waals surface area contributed by atoms with Crippen LogP contribution < -0.4 is 0 Å². The Bertz CT molecular complexity index is 548. The average molecular weight is 288 g/mol. The van der Waals surface area contributed by atoms with Gasteiger partial charge < -0.3 is 15.1 Å². The molecule has 1 aromatic heterocycles. The van der Waals surface area contributed by atoms with E-state index in [0.717, 1.165) is 25.7 Å². The highest BCUT2D eigenvalue weighted by Crippen LogP contribution is 2.19. The van der Waals surface area contributed by atoms with Crippen molar-refractivity contribution in [3.63, 3.8) is 0 Å². The normalized spacial score (nSPS) is 18.6. The summed E-state index contributed by atoms with van der Waals surface area (Å²) in [6.07, 6.45) is 5.40. The predicted molar refractivity (Wildman–Crippen MR) is 78.6 cm³/mol. The number of hydrogen-bond donors (Lipinski definition) is 2. The average Bonchev–Trinajstić information content (AvgIpc) is 2.77. The zero-order chi connectivity index (χ0) is 15.1. The van der Waals surface area contributed by atoms with Crippen molar-refractivity contribution in [2.24, 2.45) is 0 Å². The first-order chi connectivity index (χ1) is 10.3. The van der Waals surface area contributed by atoms with E-state index in [0.29, 0.717) is 17.8 Å². The molecule has 2 N–H and O–H groups in total. The molecule has 0 saturated carbocycles. The lowest BCUT2D eigenvalue weighted by molar-refractivity contribution is 0.0593. The summed E-state index contributed by atoms with van der Waals surface area (Å²) in [5, 5.41) is 18.3. The van der Waals surface area contributed by atoms with Crippen LogP contribution in [0.15, 0.2) is 18.3 Å². The van der Waals surface area contributed by atoms with Gasteiger partial charge in [0.1, 0.15) is 12.3 Å². The zero-order valence-electron chi connectivity index (χ0n) is 12.0. The minimum Gasteiger partial charge on any atom is -0.394 e. The maximum absolute atomic E-state index is 12.7. The van der Waals surface area contributed by atoms with Gasteiger partial charge in [0.15, 0.2) is 0 Å². The molecule has 1 aliphatic heterocycles. The van der Waals surface area contributed by atoms with E-state index >= 15 is 0 Å². The van der Waals surface area contributed by atoms with Gasteiger partial charge in [0.05, 0.1) is 18.2 Å². The van der Waals surface area contributed by atoms with Crippen LogP contribution >= 0.6 is 0 Å². The van der Waals surface area contributed by atoms with Crippen LogP contribution in [0.3, 0.4) is 0 Å². The van der Waals surface area contributed by atoms with Gasteiger partial charge in [-0.15, -0.1) is 0 Å². The van der Waals surface area contributed by atoms with E-state index in [1.54, 1.807) is 23.2 Å². The van der Waals surface area contributed by atoms with Crippen LogP contribution in [-0.2, 0) is 0 Å². The monoisotopic (exact) mass is 288 g/mol. The van der Waals surface area contributed by atoms with E-state index < -0.39 is 0 Å². The van der Waals surface area contributed by atoms with E-state index in [1.165, 1.54) is 0 Å². The largest absolute Gasteiger partial charge is 0.394 e. The van der Waals surface area contributed by atoms with Crippen molar-refractivity contribution >= 4 is 5.91 Å². The molecule has 2 rings (SSSR count). The van der Waals surface area contributed by atoms with Crippen LogP contribution in [0.5, 0.6) is 0 Å². The molecule has 1 aliphatic rings. The molecule has 1 aromatic rings. The Morgan fingerprint density at radius 3 is 3.00 bits per heavy atom. The summed E-state index contributed by atoms with van der Waals surface area (Å²) in [6, 6.07) is 3.28. The second-order valence-electron chi connectivity index (χ2n) is 5.04. The number of aliphatic hydroxyl groups excluding tert-OH is 2. The van der Waals surface area contributed by atoms with Crippen molar-refractivity contribution in [3.05, 3.63) is 29.6 Å². The number of likely N-dealkylation sites (tertiary alicyclic amines) is 1. The molecule has 112 valence electrons. The number of carbonyl (C=O) groups is 1. The molecule has 1 atom stereocenters. The van der Waals surface area contributed by atoms with E-state index in [2.05, 4.69) is 16.8 Å². The molecule has 0 radical (unpaired) electrons. The molecule has 0 spiro atoms. The van der Waals surface area contributed by atoms with Crippen LogP contribution in [0.4, 0.5) is 0 Å². The third-order valence-corrected chi connectivity index (χ3v) is 3.66. The van der Waals surface area contributed by atoms with Crippen molar-refractivity contribution < 1.29 is 15.0 Å². The smallest absolute Gasteiger partial charge is 0.274 e.